The van der Waals surface area contributed by atoms with Crippen molar-refractivity contribution in [1.29, 1.82) is 0 Å². The Morgan fingerprint density at radius 1 is 1.06 bits per heavy atom. The molecule has 17 heavy (non-hydrogen) atoms. The molecule has 1 aromatic carbocycles. The first kappa shape index (κ1) is 12.3. The molecule has 0 aliphatic carbocycles. The predicted molar refractivity (Wildman–Crippen MR) is 70.2 cm³/mol. The third kappa shape index (κ3) is 1.90. The van der Waals surface area contributed by atoms with Gasteiger partial charge >= 0.3 is 0 Å². The van der Waals surface area contributed by atoms with Gasteiger partial charge < -0.3 is 9.47 Å². The van der Waals surface area contributed by atoms with Crippen LogP contribution in [0.5, 0.6) is 11.5 Å². The first-order chi connectivity index (χ1) is 7.87. The summed E-state index contributed by atoms with van der Waals surface area (Å²) in [6.45, 7) is 10.7. The highest BCUT2D eigenvalue weighted by molar-refractivity contribution is 5.58. The molecular weight excluding hydrogens is 212 g/mol. The Morgan fingerprint density at radius 3 is 2.29 bits per heavy atom. The van der Waals surface area contributed by atoms with Gasteiger partial charge in [-0.3, -0.25) is 0 Å². The van der Waals surface area contributed by atoms with E-state index in [4.69, 9.17) is 9.47 Å². The summed E-state index contributed by atoms with van der Waals surface area (Å²) in [5.74, 6) is 2.10. The molecule has 0 unspecified atom stereocenters. The van der Waals surface area contributed by atoms with Gasteiger partial charge in [0, 0.05) is 5.56 Å². The predicted octanol–water partition coefficient (Wildman–Crippen LogP) is 3.72. The molecule has 0 atom stereocenters. The van der Waals surface area contributed by atoms with Crippen LogP contribution in [0.15, 0.2) is 0 Å². The minimum atomic E-state index is -0.0504. The lowest BCUT2D eigenvalue weighted by molar-refractivity contribution is 0.0831. The van der Waals surface area contributed by atoms with Crippen LogP contribution in [0.4, 0.5) is 0 Å². The van der Waals surface area contributed by atoms with E-state index in [1.807, 2.05) is 0 Å². The van der Waals surface area contributed by atoms with Crippen LogP contribution in [0, 0.1) is 20.8 Å². The fourth-order valence-electron chi connectivity index (χ4n) is 2.65. The minimum absolute atomic E-state index is 0.0504. The maximum atomic E-state index is 6.16. The monoisotopic (exact) mass is 234 g/mol. The summed E-state index contributed by atoms with van der Waals surface area (Å²) in [4.78, 5) is 0. The molecule has 0 N–H and O–H groups in total. The van der Waals surface area contributed by atoms with E-state index < -0.39 is 0 Å². The van der Waals surface area contributed by atoms with Crippen LogP contribution < -0.4 is 9.47 Å². The molecule has 0 saturated carbocycles. The average Bonchev–Trinajstić information content (AvgIpc) is 2.26. The lowest BCUT2D eigenvalue weighted by Gasteiger charge is -2.35. The first-order valence-corrected chi connectivity index (χ1v) is 6.23. The van der Waals surface area contributed by atoms with Crippen molar-refractivity contribution >= 4 is 0 Å². The average molecular weight is 234 g/mol. The Bertz CT molecular complexity index is 459. The number of rotatable bonds is 1. The highest BCUT2D eigenvalue weighted by atomic mass is 16.5. The molecule has 1 aromatic rings. The van der Waals surface area contributed by atoms with Crippen molar-refractivity contribution < 1.29 is 9.47 Å². The molecule has 0 aromatic heterocycles. The Balaban J connectivity index is 2.64. The van der Waals surface area contributed by atoms with Crippen molar-refractivity contribution in [3.8, 4) is 11.5 Å². The van der Waals surface area contributed by atoms with Crippen molar-refractivity contribution in [3.05, 3.63) is 22.3 Å². The standard InChI is InChI=1S/C15H22O2/c1-9-10(2)14-12(11(3)13(9)16-6)7-8-15(4,5)17-14/h7-8H2,1-6H3. The molecule has 94 valence electrons. The van der Waals surface area contributed by atoms with E-state index in [1.54, 1.807) is 7.11 Å². The van der Waals surface area contributed by atoms with Gasteiger partial charge in [0.2, 0.25) is 0 Å². The number of ether oxygens (including phenoxy) is 2. The van der Waals surface area contributed by atoms with Gasteiger partial charge in [0.25, 0.3) is 0 Å². The van der Waals surface area contributed by atoms with Gasteiger partial charge in [0.15, 0.2) is 0 Å². The Kier molecular flexibility index (Phi) is 2.84. The van der Waals surface area contributed by atoms with Gasteiger partial charge in [-0.2, -0.15) is 0 Å². The molecule has 0 radical (unpaired) electrons. The van der Waals surface area contributed by atoms with Crippen LogP contribution >= 0.6 is 0 Å². The molecule has 2 rings (SSSR count). The van der Waals surface area contributed by atoms with Crippen molar-refractivity contribution in [3.63, 3.8) is 0 Å². The van der Waals surface area contributed by atoms with Crippen LogP contribution in [-0.2, 0) is 6.42 Å². The zero-order valence-corrected chi connectivity index (χ0v) is 11.7. The third-order valence-corrected chi connectivity index (χ3v) is 3.87. The van der Waals surface area contributed by atoms with Gasteiger partial charge in [-0.05, 0) is 64.2 Å². The summed E-state index contributed by atoms with van der Waals surface area (Å²) in [6, 6.07) is 0. The second kappa shape index (κ2) is 3.94. The smallest absolute Gasteiger partial charge is 0.127 e. The maximum Gasteiger partial charge on any atom is 0.127 e. The lowest BCUT2D eigenvalue weighted by atomic mass is 9.88. The quantitative estimate of drug-likeness (QED) is 0.737. The van der Waals surface area contributed by atoms with Crippen LogP contribution in [0.25, 0.3) is 0 Å². The molecule has 0 bridgehead atoms. The summed E-state index contributed by atoms with van der Waals surface area (Å²) in [6.07, 6.45) is 2.14. The van der Waals surface area contributed by atoms with E-state index in [1.165, 1.54) is 22.3 Å². The molecule has 1 aliphatic rings. The number of hydrogen-bond donors (Lipinski definition) is 0. The summed E-state index contributed by atoms with van der Waals surface area (Å²) < 4.78 is 11.7. The molecule has 1 heterocycles. The van der Waals surface area contributed by atoms with Gasteiger partial charge in [-0.15, -0.1) is 0 Å². The minimum Gasteiger partial charge on any atom is -0.496 e. The number of benzene rings is 1. The molecule has 1 aliphatic heterocycles. The fraction of sp³-hybridized carbons (Fsp3) is 0.600. The summed E-state index contributed by atoms with van der Waals surface area (Å²) in [5, 5.41) is 0. The van der Waals surface area contributed by atoms with Gasteiger partial charge in [-0.1, -0.05) is 0 Å². The van der Waals surface area contributed by atoms with Gasteiger partial charge in [0.05, 0.1) is 7.11 Å². The summed E-state index contributed by atoms with van der Waals surface area (Å²) in [5.41, 5.74) is 4.92. The zero-order chi connectivity index (χ0) is 12.8. The van der Waals surface area contributed by atoms with Crippen molar-refractivity contribution in [2.75, 3.05) is 7.11 Å². The summed E-state index contributed by atoms with van der Waals surface area (Å²) >= 11 is 0. The number of fused-ring (bicyclic) bond motifs is 1. The van der Waals surface area contributed by atoms with Crippen LogP contribution in [-0.4, -0.2) is 12.7 Å². The number of methoxy groups -OCH3 is 1. The van der Waals surface area contributed by atoms with E-state index in [0.717, 1.165) is 24.3 Å². The second-order valence-corrected chi connectivity index (χ2v) is 5.58. The molecule has 0 fully saturated rings. The normalized spacial score (nSPS) is 17.3. The van der Waals surface area contributed by atoms with E-state index in [-0.39, 0.29) is 5.60 Å². The lowest BCUT2D eigenvalue weighted by Crippen LogP contribution is -2.33. The Labute approximate surface area is 104 Å². The maximum absolute atomic E-state index is 6.16. The molecule has 2 heteroatoms. The summed E-state index contributed by atoms with van der Waals surface area (Å²) in [7, 11) is 1.74. The fourth-order valence-corrected chi connectivity index (χ4v) is 2.65. The molecule has 0 saturated heterocycles. The second-order valence-electron chi connectivity index (χ2n) is 5.58. The van der Waals surface area contributed by atoms with Crippen molar-refractivity contribution in [2.45, 2.75) is 53.1 Å². The molecule has 0 amide bonds. The van der Waals surface area contributed by atoms with Crippen LogP contribution in [0.3, 0.4) is 0 Å². The van der Waals surface area contributed by atoms with Crippen molar-refractivity contribution in [1.82, 2.24) is 0 Å². The molecule has 0 spiro atoms. The van der Waals surface area contributed by atoms with E-state index in [0.29, 0.717) is 0 Å². The van der Waals surface area contributed by atoms with E-state index >= 15 is 0 Å². The van der Waals surface area contributed by atoms with Crippen molar-refractivity contribution in [2.24, 2.45) is 0 Å². The third-order valence-electron chi connectivity index (χ3n) is 3.87. The van der Waals surface area contributed by atoms with E-state index in [2.05, 4.69) is 34.6 Å². The first-order valence-electron chi connectivity index (χ1n) is 6.23. The number of hydrogen-bond acceptors (Lipinski definition) is 2. The molecular formula is C15H22O2. The topological polar surface area (TPSA) is 18.5 Å². The van der Waals surface area contributed by atoms with Crippen LogP contribution in [0.2, 0.25) is 0 Å². The largest absolute Gasteiger partial charge is 0.496 e. The van der Waals surface area contributed by atoms with Gasteiger partial charge in [0.1, 0.15) is 17.1 Å². The van der Waals surface area contributed by atoms with E-state index in [9.17, 15) is 0 Å². The SMILES string of the molecule is COc1c(C)c(C)c2c(c1C)CCC(C)(C)O2. The van der Waals surface area contributed by atoms with Crippen LogP contribution in [0.1, 0.15) is 42.5 Å². The highest BCUT2D eigenvalue weighted by Crippen LogP contribution is 2.43. The Hall–Kier alpha value is -1.18. The Morgan fingerprint density at radius 2 is 1.71 bits per heavy atom. The van der Waals surface area contributed by atoms with Gasteiger partial charge in [-0.25, -0.2) is 0 Å². The zero-order valence-electron chi connectivity index (χ0n) is 11.7. The highest BCUT2D eigenvalue weighted by Gasteiger charge is 2.30. The molecule has 2 nitrogen and oxygen atoms in total.